The molecule has 1 aliphatic heterocycles. The van der Waals surface area contributed by atoms with Crippen molar-refractivity contribution < 1.29 is 9.59 Å². The highest BCUT2D eigenvalue weighted by molar-refractivity contribution is 6.20. The van der Waals surface area contributed by atoms with E-state index in [0.29, 0.717) is 17.3 Å². The van der Waals surface area contributed by atoms with Crippen molar-refractivity contribution in [2.24, 2.45) is 11.8 Å². The van der Waals surface area contributed by atoms with E-state index < -0.39 is 5.92 Å². The smallest absolute Gasteiger partial charge is 0.236 e. The maximum absolute atomic E-state index is 12.3. The van der Waals surface area contributed by atoms with Crippen molar-refractivity contribution >= 4 is 17.5 Å². The molecule has 1 N–H and O–H groups in total. The number of carbonyl (C=O) groups is 2. The summed E-state index contributed by atoms with van der Waals surface area (Å²) in [5.74, 6) is -0.252. The zero-order valence-electron chi connectivity index (χ0n) is 11.2. The minimum atomic E-state index is -0.596. The summed E-state index contributed by atoms with van der Waals surface area (Å²) in [5.41, 5.74) is 1.56. The molecule has 4 nitrogen and oxygen atoms in total. The SMILES string of the molecule is CC(C)c1cnc2c(c1)C(=O)C(C(C)C)C(=O)N2. The quantitative estimate of drug-likeness (QED) is 0.816. The lowest BCUT2D eigenvalue weighted by Crippen LogP contribution is -2.39. The summed E-state index contributed by atoms with van der Waals surface area (Å²) in [6.45, 7) is 7.87. The average Bonchev–Trinajstić information content (AvgIpc) is 2.27. The number of pyridine rings is 1. The number of nitrogens with one attached hydrogen (secondary N) is 1. The molecule has 2 rings (SSSR count). The Morgan fingerprint density at radius 1 is 1.22 bits per heavy atom. The van der Waals surface area contributed by atoms with Gasteiger partial charge in [-0.25, -0.2) is 4.98 Å². The fourth-order valence-corrected chi connectivity index (χ4v) is 2.17. The number of amides is 1. The first-order valence-corrected chi connectivity index (χ1v) is 6.26. The van der Waals surface area contributed by atoms with E-state index in [1.165, 1.54) is 0 Å². The van der Waals surface area contributed by atoms with Gasteiger partial charge in [0.25, 0.3) is 0 Å². The molecular weight excluding hydrogens is 228 g/mol. The summed E-state index contributed by atoms with van der Waals surface area (Å²) >= 11 is 0. The second kappa shape index (κ2) is 4.52. The lowest BCUT2D eigenvalue weighted by Gasteiger charge is -2.25. The van der Waals surface area contributed by atoms with Crippen molar-refractivity contribution in [1.82, 2.24) is 4.98 Å². The fraction of sp³-hybridized carbons (Fsp3) is 0.500. The molecule has 2 heterocycles. The number of anilines is 1. The predicted octanol–water partition coefficient (Wildman–Crippen LogP) is 2.61. The summed E-state index contributed by atoms with van der Waals surface area (Å²) in [5, 5.41) is 2.72. The van der Waals surface area contributed by atoms with E-state index >= 15 is 0 Å². The van der Waals surface area contributed by atoms with Crippen molar-refractivity contribution in [2.75, 3.05) is 5.32 Å². The van der Waals surface area contributed by atoms with Gasteiger partial charge in [0, 0.05) is 6.20 Å². The number of hydrogen-bond donors (Lipinski definition) is 1. The van der Waals surface area contributed by atoms with Gasteiger partial charge in [0.15, 0.2) is 5.78 Å². The Kier molecular flexibility index (Phi) is 3.20. The van der Waals surface area contributed by atoms with Crippen LogP contribution in [-0.2, 0) is 4.79 Å². The molecule has 1 aromatic heterocycles. The van der Waals surface area contributed by atoms with Crippen LogP contribution in [0.4, 0.5) is 5.82 Å². The van der Waals surface area contributed by atoms with Crippen LogP contribution in [0.5, 0.6) is 0 Å². The third-order valence-electron chi connectivity index (χ3n) is 3.31. The monoisotopic (exact) mass is 246 g/mol. The van der Waals surface area contributed by atoms with E-state index in [-0.39, 0.29) is 17.6 Å². The number of hydrogen-bond acceptors (Lipinski definition) is 3. The Morgan fingerprint density at radius 3 is 2.44 bits per heavy atom. The van der Waals surface area contributed by atoms with Crippen LogP contribution in [-0.4, -0.2) is 16.7 Å². The Bertz CT molecular complexity index is 507. The third kappa shape index (κ3) is 2.03. The lowest BCUT2D eigenvalue weighted by atomic mass is 9.84. The summed E-state index contributed by atoms with van der Waals surface area (Å²) in [6, 6.07) is 1.85. The number of Topliss-reactive ketones (excluding diaryl/α,β-unsaturated/α-hetero) is 1. The summed E-state index contributed by atoms with van der Waals surface area (Å²) in [4.78, 5) is 28.4. The van der Waals surface area contributed by atoms with Crippen LogP contribution in [0.15, 0.2) is 12.3 Å². The number of rotatable bonds is 2. The van der Waals surface area contributed by atoms with Crippen LogP contribution in [0.2, 0.25) is 0 Å². The van der Waals surface area contributed by atoms with Gasteiger partial charge in [0.2, 0.25) is 5.91 Å². The molecule has 1 aromatic rings. The molecule has 0 aromatic carbocycles. The number of aromatic nitrogens is 1. The fourth-order valence-electron chi connectivity index (χ4n) is 2.17. The van der Waals surface area contributed by atoms with Crippen LogP contribution in [0, 0.1) is 11.8 Å². The first-order chi connectivity index (χ1) is 8.41. The normalized spacial score (nSPS) is 19.1. The maximum atomic E-state index is 12.3. The largest absolute Gasteiger partial charge is 0.309 e. The van der Waals surface area contributed by atoms with E-state index in [9.17, 15) is 9.59 Å². The summed E-state index contributed by atoms with van der Waals surface area (Å²) in [7, 11) is 0. The summed E-state index contributed by atoms with van der Waals surface area (Å²) in [6.07, 6.45) is 1.72. The van der Waals surface area contributed by atoms with E-state index in [2.05, 4.69) is 24.1 Å². The highest BCUT2D eigenvalue weighted by atomic mass is 16.2. The van der Waals surface area contributed by atoms with Gasteiger partial charge in [-0.1, -0.05) is 27.7 Å². The predicted molar refractivity (Wildman–Crippen MR) is 69.6 cm³/mol. The molecule has 0 spiro atoms. The van der Waals surface area contributed by atoms with E-state index in [4.69, 9.17) is 0 Å². The van der Waals surface area contributed by atoms with Crippen LogP contribution < -0.4 is 5.32 Å². The Morgan fingerprint density at radius 2 is 1.89 bits per heavy atom. The van der Waals surface area contributed by atoms with Crippen LogP contribution >= 0.6 is 0 Å². The van der Waals surface area contributed by atoms with E-state index in [1.807, 2.05) is 19.9 Å². The molecular formula is C14H18N2O2. The van der Waals surface area contributed by atoms with Gasteiger partial charge >= 0.3 is 0 Å². The molecule has 1 atom stereocenters. The van der Waals surface area contributed by atoms with Gasteiger partial charge in [-0.3, -0.25) is 9.59 Å². The van der Waals surface area contributed by atoms with Gasteiger partial charge in [-0.05, 0) is 23.5 Å². The molecule has 0 aliphatic carbocycles. The molecule has 0 radical (unpaired) electrons. The van der Waals surface area contributed by atoms with Gasteiger partial charge < -0.3 is 5.32 Å². The van der Waals surface area contributed by atoms with Gasteiger partial charge in [0.05, 0.1) is 5.56 Å². The van der Waals surface area contributed by atoms with Crippen molar-refractivity contribution in [2.45, 2.75) is 33.6 Å². The molecule has 0 saturated heterocycles. The van der Waals surface area contributed by atoms with Gasteiger partial charge in [0.1, 0.15) is 11.7 Å². The zero-order chi connectivity index (χ0) is 13.4. The number of carbonyl (C=O) groups excluding carboxylic acids is 2. The van der Waals surface area contributed by atoms with Gasteiger partial charge in [-0.2, -0.15) is 0 Å². The number of nitrogens with zero attached hydrogens (tertiary/aromatic N) is 1. The zero-order valence-corrected chi connectivity index (χ0v) is 11.2. The third-order valence-corrected chi connectivity index (χ3v) is 3.31. The first kappa shape index (κ1) is 12.7. The second-order valence-electron chi connectivity index (χ2n) is 5.39. The minimum absolute atomic E-state index is 0.00615. The Hall–Kier alpha value is -1.71. The first-order valence-electron chi connectivity index (χ1n) is 6.26. The van der Waals surface area contributed by atoms with Crippen molar-refractivity contribution in [3.63, 3.8) is 0 Å². The maximum Gasteiger partial charge on any atom is 0.236 e. The lowest BCUT2D eigenvalue weighted by molar-refractivity contribution is -0.119. The molecule has 96 valence electrons. The molecule has 18 heavy (non-hydrogen) atoms. The van der Waals surface area contributed by atoms with Crippen LogP contribution in [0.3, 0.4) is 0 Å². The van der Waals surface area contributed by atoms with E-state index in [0.717, 1.165) is 5.56 Å². The molecule has 4 heteroatoms. The summed E-state index contributed by atoms with van der Waals surface area (Å²) < 4.78 is 0. The molecule has 0 bridgehead atoms. The Balaban J connectivity index is 2.48. The average molecular weight is 246 g/mol. The number of fused-ring (bicyclic) bond motifs is 1. The molecule has 0 saturated carbocycles. The highest BCUT2D eigenvalue weighted by Gasteiger charge is 2.37. The Labute approximate surface area is 107 Å². The highest BCUT2D eigenvalue weighted by Crippen LogP contribution is 2.29. The van der Waals surface area contributed by atoms with Crippen LogP contribution in [0.1, 0.15) is 49.5 Å². The van der Waals surface area contributed by atoms with E-state index in [1.54, 1.807) is 6.20 Å². The van der Waals surface area contributed by atoms with Crippen molar-refractivity contribution in [3.8, 4) is 0 Å². The van der Waals surface area contributed by atoms with Crippen LogP contribution in [0.25, 0.3) is 0 Å². The minimum Gasteiger partial charge on any atom is -0.309 e. The van der Waals surface area contributed by atoms with Crippen molar-refractivity contribution in [1.29, 1.82) is 0 Å². The molecule has 1 aliphatic rings. The molecule has 0 fully saturated rings. The topological polar surface area (TPSA) is 59.1 Å². The number of ketones is 1. The van der Waals surface area contributed by atoms with Gasteiger partial charge in [-0.15, -0.1) is 0 Å². The molecule has 1 unspecified atom stereocenters. The second-order valence-corrected chi connectivity index (χ2v) is 5.39. The standard InChI is InChI=1S/C14H18N2O2/c1-7(2)9-5-10-12(17)11(8(3)4)14(18)16-13(10)15-6-9/h5-8,11H,1-4H3,(H,15,16,18). The molecule has 1 amide bonds. The van der Waals surface area contributed by atoms with Crippen molar-refractivity contribution in [3.05, 3.63) is 23.4 Å².